The number of nitro groups is 2. The minimum Gasteiger partial charge on any atom is -0.495 e. The Hall–Kier alpha value is 0.0200. The van der Waals surface area contributed by atoms with Gasteiger partial charge in [-0.1, -0.05) is 136 Å². The molecule has 0 aliphatic carbocycles. The van der Waals surface area contributed by atoms with E-state index in [0.29, 0.717) is 51.0 Å². The van der Waals surface area contributed by atoms with Crippen LogP contribution in [0, 0.1) is 20.2 Å². The molecule has 0 bridgehead atoms. The molecule has 20 nitrogen and oxygen atoms in total. The Morgan fingerprint density at radius 1 is 0.661 bits per heavy atom. The predicted molar refractivity (Wildman–Crippen MR) is 288 cm³/mol. The highest BCUT2D eigenvalue weighted by Gasteiger charge is 2.30. The molecule has 0 aromatic heterocycles. The van der Waals surface area contributed by atoms with E-state index in [1.54, 1.807) is 6.07 Å². The summed E-state index contributed by atoms with van der Waals surface area (Å²) in [5.74, 6) is 0.468. The highest BCUT2D eigenvalue weighted by molar-refractivity contribution is 14.3. The van der Waals surface area contributed by atoms with Crippen molar-refractivity contribution >= 4 is 192 Å². The molecule has 352 valence electrons. The van der Waals surface area contributed by atoms with Crippen molar-refractivity contribution in [1.82, 2.24) is 8.61 Å². The average Bonchev–Trinajstić information content (AvgIpc) is 3.24. The summed E-state index contributed by atoms with van der Waals surface area (Å²) in [6, 6.07) is 11.2. The molecule has 3 aromatic carbocycles. The number of nitro benzene ring substituents is 2. The fourth-order valence-corrected chi connectivity index (χ4v) is 8.33. The van der Waals surface area contributed by atoms with E-state index in [9.17, 15) is 45.5 Å². The Morgan fingerprint density at radius 2 is 0.952 bits per heavy atom. The molecular weight excluding hydrogens is 1590 g/mol. The second kappa shape index (κ2) is 31.9. The van der Waals surface area contributed by atoms with Crippen LogP contribution in [-0.2, 0) is 38.6 Å². The molecule has 2 heterocycles. The van der Waals surface area contributed by atoms with Crippen molar-refractivity contribution in [1.29, 1.82) is 0 Å². The minimum absolute atomic E-state index is 0.0240. The quantitative estimate of drug-likeness (QED) is 0.0505. The Labute approximate surface area is 447 Å². The zero-order chi connectivity index (χ0) is 47.8. The van der Waals surface area contributed by atoms with Gasteiger partial charge in [0.05, 0.1) is 80.4 Å². The number of halogens is 7. The molecule has 0 atom stereocenters. The monoisotopic (exact) mass is 1630 g/mol. The van der Waals surface area contributed by atoms with Crippen molar-refractivity contribution in [2.75, 3.05) is 87.0 Å². The maximum absolute atomic E-state index is 12.4. The number of ether oxygens (including phenoxy) is 5. The fourth-order valence-electron chi connectivity index (χ4n) is 4.68. The summed E-state index contributed by atoms with van der Waals surface area (Å²) in [6.07, 6.45) is 0. The number of benzene rings is 3. The van der Waals surface area contributed by atoms with Gasteiger partial charge in [0.1, 0.15) is 5.69 Å². The predicted octanol–water partition coefficient (Wildman–Crippen LogP) is 7.89. The number of hydrogen-bond donors (Lipinski definition) is 1. The van der Waals surface area contributed by atoms with Gasteiger partial charge >= 0.3 is 11.4 Å². The lowest BCUT2D eigenvalue weighted by molar-refractivity contribution is -0.386. The van der Waals surface area contributed by atoms with Crippen LogP contribution in [0.4, 0.5) is 17.1 Å². The highest BCUT2D eigenvalue weighted by Crippen LogP contribution is 2.32. The van der Waals surface area contributed by atoms with E-state index < -0.39 is 44.6 Å². The SMILES string of the molecule is CI.COc1ccc(S(=O)(=O)Cl)cc1[N+](=O)[O-].COc1ccc(S(=O)(=O)N2CCOCC2)cc1N.COc1ccc(S(=O)(=O)N2CCOCC2)cc1[N+](=O)[O-].IC(I)I.ICI. The molecule has 2 saturated heterocycles. The first-order valence-corrected chi connectivity index (χ1v) is 30.8. The second-order valence-corrected chi connectivity index (χ2v) is 32.7. The van der Waals surface area contributed by atoms with Crippen molar-refractivity contribution in [3.05, 3.63) is 74.8 Å². The van der Waals surface area contributed by atoms with Gasteiger partial charge in [-0.05, 0) is 47.4 Å². The smallest absolute Gasteiger partial charge is 0.312 e. The summed E-state index contributed by atoms with van der Waals surface area (Å²) in [7, 11) is -2.15. The molecule has 30 heteroatoms. The van der Waals surface area contributed by atoms with E-state index in [0.717, 1.165) is 18.1 Å². The third-order valence-electron chi connectivity index (χ3n) is 7.39. The molecule has 62 heavy (non-hydrogen) atoms. The summed E-state index contributed by atoms with van der Waals surface area (Å²) in [5.41, 5.74) is 5.22. The van der Waals surface area contributed by atoms with Gasteiger partial charge in [0.2, 0.25) is 20.0 Å². The van der Waals surface area contributed by atoms with Crippen LogP contribution in [-0.4, -0.2) is 125 Å². The summed E-state index contributed by atoms with van der Waals surface area (Å²) in [5, 5.41) is 21.5. The first kappa shape index (κ1) is 62.0. The van der Waals surface area contributed by atoms with Gasteiger partial charge < -0.3 is 29.4 Å². The van der Waals surface area contributed by atoms with E-state index in [1.807, 2.05) is 4.93 Å². The number of rotatable bonds is 10. The Bertz CT molecular complexity index is 2200. The Kier molecular flexibility index (Phi) is 31.9. The van der Waals surface area contributed by atoms with Crippen molar-refractivity contribution in [2.45, 2.75) is 14.6 Å². The largest absolute Gasteiger partial charge is 0.495 e. The third kappa shape index (κ3) is 21.3. The lowest BCUT2D eigenvalue weighted by Crippen LogP contribution is -2.40. The lowest BCUT2D eigenvalue weighted by Gasteiger charge is -2.26. The first-order valence-electron chi connectivity index (χ1n) is 16.6. The molecule has 5 rings (SSSR count). The molecule has 0 unspecified atom stereocenters. The number of nitrogens with zero attached hydrogens (tertiary/aromatic N) is 4. The van der Waals surface area contributed by atoms with E-state index in [1.165, 1.54) is 62.7 Å². The number of methoxy groups -OCH3 is 3. The number of sulfonamides is 2. The van der Waals surface area contributed by atoms with Gasteiger partial charge in [0.15, 0.2) is 11.5 Å². The molecule has 3 aromatic rings. The molecule has 0 radical (unpaired) electrons. The summed E-state index contributed by atoms with van der Waals surface area (Å²) >= 11 is 13.6. The van der Waals surface area contributed by atoms with Gasteiger partial charge in [-0.15, -0.1) is 0 Å². The topological polar surface area (TPSA) is 267 Å². The minimum atomic E-state index is -3.97. The van der Waals surface area contributed by atoms with E-state index in [4.69, 9.17) is 40.1 Å². The third-order valence-corrected chi connectivity index (χ3v) is 12.5. The van der Waals surface area contributed by atoms with Crippen LogP contribution in [0.15, 0.2) is 69.3 Å². The normalized spacial score (nSPS) is 14.2. The van der Waals surface area contributed by atoms with Crippen molar-refractivity contribution in [2.24, 2.45) is 0 Å². The van der Waals surface area contributed by atoms with Crippen LogP contribution in [0.2, 0.25) is 0 Å². The van der Waals surface area contributed by atoms with Crippen LogP contribution in [0.1, 0.15) is 0 Å². The zero-order valence-electron chi connectivity index (χ0n) is 33.0. The number of nitrogen functional groups attached to an aromatic ring is 1. The van der Waals surface area contributed by atoms with Crippen molar-refractivity contribution in [3.63, 3.8) is 0 Å². The molecule has 0 spiro atoms. The van der Waals surface area contributed by atoms with Gasteiger partial charge in [-0.25, -0.2) is 25.3 Å². The average molecular weight is 1630 g/mol. The molecular formula is C32H42ClI6N5O15S3. The van der Waals surface area contributed by atoms with Crippen molar-refractivity contribution < 1.29 is 58.8 Å². The summed E-state index contributed by atoms with van der Waals surface area (Å²) in [4.78, 5) is 21.8. The molecule has 0 amide bonds. The number of morpholine rings is 2. The van der Waals surface area contributed by atoms with Gasteiger partial charge in [0.25, 0.3) is 9.05 Å². The number of hydrogen-bond acceptors (Lipinski definition) is 16. The van der Waals surface area contributed by atoms with Crippen LogP contribution < -0.4 is 19.9 Å². The van der Waals surface area contributed by atoms with Crippen LogP contribution in [0.25, 0.3) is 0 Å². The molecule has 0 saturated carbocycles. The highest BCUT2D eigenvalue weighted by atomic mass is 127. The molecule has 2 aliphatic rings. The summed E-state index contributed by atoms with van der Waals surface area (Å²) < 4.78 is 101. The fraction of sp³-hybridized carbons (Fsp3) is 0.438. The number of anilines is 1. The second-order valence-electron chi connectivity index (χ2n) is 10.9. The van der Waals surface area contributed by atoms with E-state index >= 15 is 0 Å². The first-order chi connectivity index (χ1) is 29.0. The number of alkyl halides is 6. The van der Waals surface area contributed by atoms with E-state index in [-0.39, 0.29) is 45.0 Å². The number of nitrogens with two attached hydrogens (primary N) is 1. The molecule has 2 N–H and O–H groups in total. The van der Waals surface area contributed by atoms with Crippen molar-refractivity contribution in [3.8, 4) is 17.2 Å². The Morgan fingerprint density at radius 3 is 1.24 bits per heavy atom. The lowest BCUT2D eigenvalue weighted by atomic mass is 10.3. The zero-order valence-corrected chi connectivity index (χ0v) is 49.1. The maximum Gasteiger partial charge on any atom is 0.312 e. The van der Waals surface area contributed by atoms with Gasteiger partial charge in [-0.3, -0.25) is 20.2 Å². The maximum atomic E-state index is 12.4. The van der Waals surface area contributed by atoms with Gasteiger partial charge in [0, 0.05) is 49.0 Å². The van der Waals surface area contributed by atoms with Gasteiger partial charge in [-0.2, -0.15) is 8.61 Å². The molecule has 2 fully saturated rings. The summed E-state index contributed by atoms with van der Waals surface area (Å²) in [6.45, 7) is 2.69. The van der Waals surface area contributed by atoms with E-state index in [2.05, 4.69) is 136 Å². The van der Waals surface area contributed by atoms with Crippen LogP contribution in [0.3, 0.4) is 0 Å². The molecule has 2 aliphatic heterocycles. The standard InChI is InChI=1S/C11H14N2O6S.C11H16N2O4S.C7H6ClNO5S.CHI3.CH2I2.CH3I/c1-18-11-3-2-9(8-10(11)13(14)15)20(16,17)12-4-6-19-7-5-12;1-16-11-3-2-9(8-10(11)12)18(14,15)13-4-6-17-7-5-13;1-14-7-3-2-5(15(8,12)13)4-6(7)9(10)11;2-1(3)4;2-1-3;1-2/h2-3,8H,4-7H2,1H3;2-3,8H,4-7,12H2,1H3;2-4H,1H3;1H;1H2;1H3. The van der Waals surface area contributed by atoms with Crippen LogP contribution in [0.5, 0.6) is 17.2 Å². The van der Waals surface area contributed by atoms with Crippen LogP contribution >= 0.6 is 146 Å². The Balaban J connectivity index is 0.000000825.